The van der Waals surface area contributed by atoms with Crippen molar-refractivity contribution in [2.24, 2.45) is 16.2 Å². The molecule has 6 aliphatic rings. The van der Waals surface area contributed by atoms with Gasteiger partial charge < -0.3 is 37.8 Å². The molecule has 8 aromatic carbocycles. The van der Waals surface area contributed by atoms with Gasteiger partial charge in [-0.25, -0.2) is 9.97 Å². The number of aryl methyl sites for hydroxylation is 6. The monoisotopic (exact) mass is 1530 g/mol. The Morgan fingerprint density at radius 3 is 1.27 bits per heavy atom. The number of hydrogen-bond donors (Lipinski definition) is 0. The van der Waals surface area contributed by atoms with E-state index in [9.17, 15) is 2.74 Å². The topological polar surface area (TPSA) is 81.4 Å². The number of hydrogen-bond acceptors (Lipinski definition) is 10. The number of para-hydroxylation sites is 5. The number of pyridine rings is 2. The Balaban J connectivity index is 0.000000123. The molecule has 3 saturated heterocycles. The van der Waals surface area contributed by atoms with Crippen LogP contribution in [0.2, 0.25) is 0 Å². The zero-order valence-corrected chi connectivity index (χ0v) is 71.7. The molecular weight excluding hydrogens is 1400 g/mol. The van der Waals surface area contributed by atoms with Crippen molar-refractivity contribution in [3.8, 4) is 0 Å². The van der Waals surface area contributed by atoms with Gasteiger partial charge >= 0.3 is 0 Å². The van der Waals surface area contributed by atoms with Crippen molar-refractivity contribution in [2.75, 3.05) is 24.5 Å². The van der Waals surface area contributed by atoms with Crippen molar-refractivity contribution in [3.63, 3.8) is 0 Å². The molecule has 5 aliphatic heterocycles. The van der Waals surface area contributed by atoms with E-state index in [-0.39, 0.29) is 22.3 Å². The summed E-state index contributed by atoms with van der Waals surface area (Å²) < 4.78 is 122. The molecular formula is C104H127N7O3. The summed E-state index contributed by atoms with van der Waals surface area (Å²) in [6.45, 7) is 41.6. The van der Waals surface area contributed by atoms with Gasteiger partial charge in [-0.3, -0.25) is 0 Å². The van der Waals surface area contributed by atoms with Crippen LogP contribution >= 0.6 is 0 Å². The number of nitrogens with zero attached hydrogens (tertiary/aromatic N) is 7. The minimum Gasteiger partial charge on any atom is -0.454 e. The molecule has 0 radical (unpaired) electrons. The first-order chi connectivity index (χ1) is 58.7. The zero-order valence-electron chi connectivity index (χ0n) is 83.7. The molecule has 7 unspecified atom stereocenters. The Labute approximate surface area is 697 Å². The van der Waals surface area contributed by atoms with Gasteiger partial charge in [0, 0.05) is 141 Å². The van der Waals surface area contributed by atoms with E-state index in [1.807, 2.05) is 129 Å². The Bertz CT molecular complexity index is 6230. The minimum atomic E-state index is -2.48. The number of rotatable bonds is 5. The second kappa shape index (κ2) is 29.0. The van der Waals surface area contributed by atoms with Crippen molar-refractivity contribution in [1.29, 1.82) is 0 Å². The lowest BCUT2D eigenvalue weighted by molar-refractivity contribution is 0.170. The van der Waals surface area contributed by atoms with Crippen LogP contribution < -0.4 is 24.5 Å². The molecule has 4 fully saturated rings. The fraction of sp³-hybridized carbons (Fsp3) is 0.442. The van der Waals surface area contributed by atoms with E-state index in [4.69, 9.17) is 27.0 Å². The van der Waals surface area contributed by atoms with Crippen LogP contribution in [0.25, 0.3) is 65.9 Å². The van der Waals surface area contributed by atoms with E-state index >= 15 is 0 Å². The third-order valence-electron chi connectivity index (χ3n) is 27.0. The lowest BCUT2D eigenvalue weighted by atomic mass is 9.68. The summed E-state index contributed by atoms with van der Waals surface area (Å²) in [7, 11) is 0. The highest BCUT2D eigenvalue weighted by Gasteiger charge is 2.56. The van der Waals surface area contributed by atoms with Crippen molar-refractivity contribution >= 4 is 106 Å². The summed E-state index contributed by atoms with van der Waals surface area (Å²) >= 11 is 0. The molecule has 10 heterocycles. The van der Waals surface area contributed by atoms with Crippen LogP contribution in [0.1, 0.15) is 244 Å². The van der Waals surface area contributed by atoms with Gasteiger partial charge in [-0.2, -0.15) is 0 Å². The van der Waals surface area contributed by atoms with Gasteiger partial charge in [0.25, 0.3) is 0 Å². The molecule has 7 atom stereocenters. The van der Waals surface area contributed by atoms with Crippen molar-refractivity contribution < 1.29 is 29.7 Å². The lowest BCUT2D eigenvalue weighted by Crippen LogP contribution is -2.44. The van der Waals surface area contributed by atoms with Crippen molar-refractivity contribution in [3.05, 3.63) is 233 Å². The van der Waals surface area contributed by atoms with E-state index < -0.39 is 72.4 Å². The van der Waals surface area contributed by atoms with Crippen LogP contribution in [0, 0.1) is 57.8 Å². The number of aromatic nitrogens is 2. The maximum Gasteiger partial charge on any atom is 0.227 e. The third-order valence-corrected chi connectivity index (χ3v) is 27.0. The fourth-order valence-corrected chi connectivity index (χ4v) is 20.4. The van der Waals surface area contributed by atoms with Crippen LogP contribution in [0.15, 0.2) is 201 Å². The van der Waals surface area contributed by atoms with Gasteiger partial charge in [0.05, 0.1) is 17.1 Å². The highest BCUT2D eigenvalue weighted by atomic mass is 16.3. The highest BCUT2D eigenvalue weighted by Crippen LogP contribution is 2.59. The molecule has 13 aromatic rings. The first-order valence-corrected chi connectivity index (χ1v) is 41.5. The minimum absolute atomic E-state index is 0.116. The molecule has 1 spiro atoms. The average Bonchev–Trinajstić information content (AvgIpc) is 1.52. The summed E-state index contributed by atoms with van der Waals surface area (Å²) in [6.07, 6.45) is 2.07. The lowest BCUT2D eigenvalue weighted by Gasteiger charge is -2.41. The van der Waals surface area contributed by atoms with Crippen LogP contribution in [-0.2, 0) is 10.8 Å². The highest BCUT2D eigenvalue weighted by molar-refractivity contribution is 6.12. The summed E-state index contributed by atoms with van der Waals surface area (Å²) in [6, 6.07) is 62.3. The van der Waals surface area contributed by atoms with Crippen LogP contribution in [0.5, 0.6) is 0 Å². The molecule has 0 amide bonds. The van der Waals surface area contributed by atoms with Crippen molar-refractivity contribution in [1.82, 2.24) is 9.97 Å². The van der Waals surface area contributed by atoms with Gasteiger partial charge in [-0.1, -0.05) is 208 Å². The molecule has 1 aliphatic carbocycles. The Kier molecular flexibility index (Phi) is 16.7. The number of anilines is 7. The molecule has 1 saturated carbocycles. The smallest absolute Gasteiger partial charge is 0.227 e. The zero-order chi connectivity index (χ0) is 91.9. The van der Waals surface area contributed by atoms with E-state index in [2.05, 4.69) is 211 Å². The van der Waals surface area contributed by atoms with Gasteiger partial charge in [0.1, 0.15) is 17.0 Å². The predicted octanol–water partition coefficient (Wildman–Crippen LogP) is 28.5. The molecule has 19 rings (SSSR count). The standard InChI is InChI=1S/C25H31NO.C22H28N2O.C22H27NO.C18H21N.C17H20N2/c1-17-12-13-20-19-10-6-7-11-21(19)27-23(20)22(17)26-18(2)25(16-24(26,3)4)14-8-5-9-15-25;1-13-8-10-16-17-11-9-14(2)23-20(17)25-19(16)18(13)24-15(3)21(4,5)12-22(24,6)7;1-14-11-12-17-16-9-7-8-10-18(16)24-20(17)19(14)23-15(2)21(3,4)13-22(23,5)6;1-13-9-5-7-11-16(13)19-14(2)18(3,4)15-10-6-8-12-17(15)19;1-12-8-5-6-10-15(12)19-13(2)17(3,4)14-9-7-11-18-16(14)19/h6-7,10-13,18H,5,8-9,14-16H2,1-4H3;8-11,15H,12H2,1-7H3;7-12,15H,13H2,1-6H3;5-12,14H,1-4H3;5-11,13H,1-4H3/i16D2;4D3,12D2;3D3,13D2;;. The Morgan fingerprint density at radius 2 is 0.772 bits per heavy atom. The quantitative estimate of drug-likeness (QED) is 0.166. The number of furan rings is 3. The van der Waals surface area contributed by atoms with Gasteiger partial charge in [0.2, 0.25) is 5.71 Å². The molecule has 10 nitrogen and oxygen atoms in total. The molecule has 114 heavy (non-hydrogen) atoms. The van der Waals surface area contributed by atoms with E-state index in [0.717, 1.165) is 120 Å². The summed E-state index contributed by atoms with van der Waals surface area (Å²) in [4.78, 5) is 20.3. The van der Waals surface area contributed by atoms with Crippen LogP contribution in [-0.4, -0.2) is 56.8 Å². The maximum absolute atomic E-state index is 9.32. The summed E-state index contributed by atoms with van der Waals surface area (Å²) in [5.74, 6) is 1.11. The largest absolute Gasteiger partial charge is 0.454 e. The molecule has 596 valence electrons. The Morgan fingerprint density at radius 1 is 0.368 bits per heavy atom. The summed E-state index contributed by atoms with van der Waals surface area (Å²) in [5.41, 5.74) is 14.3. The van der Waals surface area contributed by atoms with E-state index in [0.29, 0.717) is 29.0 Å². The normalized spacial score (nSPS) is 27.0. The third kappa shape index (κ3) is 13.4. The second-order valence-electron chi connectivity index (χ2n) is 36.7. The summed E-state index contributed by atoms with van der Waals surface area (Å²) in [5, 5.41) is 5.98. The van der Waals surface area contributed by atoms with Crippen LogP contribution in [0.4, 0.5) is 39.9 Å². The predicted molar refractivity (Wildman–Crippen MR) is 485 cm³/mol. The molecule has 5 aromatic heterocycles. The molecule has 0 N–H and O–H groups in total. The molecule has 0 bridgehead atoms. The first-order valence-electron chi connectivity index (χ1n) is 47.5. The number of fused-ring (bicyclic) bond motifs is 11. The van der Waals surface area contributed by atoms with Crippen LogP contribution in [0.3, 0.4) is 0 Å². The van der Waals surface area contributed by atoms with Gasteiger partial charge in [-0.15, -0.1) is 0 Å². The molecule has 10 heteroatoms. The van der Waals surface area contributed by atoms with Gasteiger partial charge in [-0.05, 0) is 248 Å². The Hall–Kier alpha value is -9.54. The average molecular weight is 1540 g/mol. The maximum atomic E-state index is 9.32. The van der Waals surface area contributed by atoms with Crippen molar-refractivity contribution in [2.45, 2.75) is 282 Å². The first kappa shape index (κ1) is 65.7. The SMILES string of the molecule is Cc1ccccc1N1c2ccccc2C(C)(C)C1C.Cc1ccccc1N1c2ncccc2C(C)(C)C1C.[2H]C([2H])([2H])C1(C)C(C)N(c2c(C)ccc3c2oc2ccccc23)C(C)(C)C1([2H])[2H].[2H]C([2H])([2H])C1(C)C(C)N(c2c(C)ccc3c2oc2nc(C)ccc23)C(C)(C)C1([2H])[2H].[2H]C1([2H])C2(CCCCC2)C(C)N(c2c(C)ccc3c2oc2ccccc23)C1(C)C. The van der Waals surface area contributed by atoms with E-state index in [1.165, 1.54) is 45.7 Å². The fourth-order valence-electron chi connectivity index (χ4n) is 20.4. The van der Waals surface area contributed by atoms with Gasteiger partial charge in [0.15, 0.2) is 16.7 Å². The number of benzene rings is 8. The van der Waals surface area contributed by atoms with E-state index in [1.54, 1.807) is 41.5 Å². The second-order valence-corrected chi connectivity index (χ2v) is 36.7.